The number of nitrogens with one attached hydrogen (secondary N) is 1. The number of aromatic nitrogens is 2. The van der Waals surface area contributed by atoms with Gasteiger partial charge in [0.2, 0.25) is 5.89 Å². The second-order valence-corrected chi connectivity index (χ2v) is 8.57. The van der Waals surface area contributed by atoms with Crippen molar-refractivity contribution in [3.05, 3.63) is 11.7 Å². The first-order valence-electron chi connectivity index (χ1n) is 7.95. The van der Waals surface area contributed by atoms with Gasteiger partial charge in [-0.15, -0.1) is 0 Å². The lowest BCUT2D eigenvalue weighted by molar-refractivity contribution is 0.149. The second-order valence-electron chi connectivity index (χ2n) is 6.42. The van der Waals surface area contributed by atoms with E-state index in [9.17, 15) is 8.42 Å². The van der Waals surface area contributed by atoms with E-state index < -0.39 is 9.84 Å². The molecule has 3 heterocycles. The number of aryl methyl sites for hydroxylation is 1. The molecule has 0 unspecified atom stereocenters. The summed E-state index contributed by atoms with van der Waals surface area (Å²) in [6.07, 6.45) is 3.55. The molecule has 1 aromatic heterocycles. The summed E-state index contributed by atoms with van der Waals surface area (Å²) >= 11 is 0. The van der Waals surface area contributed by atoms with Gasteiger partial charge in [-0.25, -0.2) is 8.42 Å². The summed E-state index contributed by atoms with van der Waals surface area (Å²) < 4.78 is 29.4. The van der Waals surface area contributed by atoms with Gasteiger partial charge >= 0.3 is 0 Å². The maximum Gasteiger partial charge on any atom is 0.243 e. The molecule has 1 N–H and O–H groups in total. The van der Waals surface area contributed by atoms with Crippen molar-refractivity contribution in [2.45, 2.75) is 51.2 Å². The van der Waals surface area contributed by atoms with Gasteiger partial charge in [-0.2, -0.15) is 4.98 Å². The minimum absolute atomic E-state index is 0.0526. The largest absolute Gasteiger partial charge is 0.338 e. The minimum Gasteiger partial charge on any atom is -0.338 e. The Morgan fingerprint density at radius 3 is 2.64 bits per heavy atom. The molecule has 124 valence electrons. The summed E-state index contributed by atoms with van der Waals surface area (Å²) in [7, 11) is -2.99. The van der Waals surface area contributed by atoms with Crippen molar-refractivity contribution in [2.24, 2.45) is 0 Å². The van der Waals surface area contributed by atoms with E-state index in [0.29, 0.717) is 11.7 Å². The zero-order valence-electron chi connectivity index (χ0n) is 13.2. The fourth-order valence-electron chi connectivity index (χ4n) is 3.48. The van der Waals surface area contributed by atoms with Crippen LogP contribution in [0.1, 0.15) is 43.9 Å². The van der Waals surface area contributed by atoms with E-state index in [1.54, 1.807) is 6.92 Å². The lowest BCUT2D eigenvalue weighted by Crippen LogP contribution is -2.51. The van der Waals surface area contributed by atoms with Crippen LogP contribution in [0, 0.1) is 6.92 Å². The lowest BCUT2D eigenvalue weighted by atomic mass is 10.0. The molecule has 1 aromatic rings. The smallest absolute Gasteiger partial charge is 0.243 e. The molecule has 3 rings (SSSR count). The first-order valence-corrected chi connectivity index (χ1v) is 9.77. The first kappa shape index (κ1) is 15.9. The van der Waals surface area contributed by atoms with Crippen LogP contribution in [0.2, 0.25) is 0 Å². The molecular formula is C14H24N4O3S. The monoisotopic (exact) mass is 328 g/mol. The summed E-state index contributed by atoms with van der Waals surface area (Å²) in [5.41, 5.74) is 0. The summed E-state index contributed by atoms with van der Waals surface area (Å²) in [4.78, 5) is 6.55. The van der Waals surface area contributed by atoms with Crippen LogP contribution in [0.15, 0.2) is 4.52 Å². The van der Waals surface area contributed by atoms with Gasteiger partial charge < -0.3 is 9.84 Å². The third-order valence-electron chi connectivity index (χ3n) is 4.56. The Bertz CT molecular complexity index is 609. The van der Waals surface area contributed by atoms with E-state index in [1.165, 1.54) is 6.42 Å². The van der Waals surface area contributed by atoms with E-state index in [4.69, 9.17) is 4.52 Å². The Balaban J connectivity index is 1.71. The lowest BCUT2D eigenvalue weighted by Gasteiger charge is -2.35. The van der Waals surface area contributed by atoms with Crippen LogP contribution in [0.4, 0.5) is 0 Å². The number of rotatable bonds is 4. The SMILES string of the molecule is Cc1noc([C@H](C)N[C@@H]2CS(=O)(=O)C[C@H]2N2CCCCC2)n1. The zero-order valence-corrected chi connectivity index (χ0v) is 14.0. The molecule has 3 atom stereocenters. The summed E-state index contributed by atoms with van der Waals surface area (Å²) in [5.74, 6) is 1.54. The van der Waals surface area contributed by atoms with Gasteiger partial charge in [-0.3, -0.25) is 4.90 Å². The Hall–Kier alpha value is -0.990. The molecule has 0 aromatic carbocycles. The number of hydrogen-bond acceptors (Lipinski definition) is 7. The van der Waals surface area contributed by atoms with Gasteiger partial charge in [0.05, 0.1) is 17.5 Å². The fourth-order valence-corrected chi connectivity index (χ4v) is 5.44. The molecule has 0 spiro atoms. The minimum atomic E-state index is -2.99. The Labute approximate surface area is 131 Å². The molecule has 2 aliphatic rings. The topological polar surface area (TPSA) is 88.3 Å². The number of nitrogens with zero attached hydrogens (tertiary/aromatic N) is 3. The average Bonchev–Trinajstić information content (AvgIpc) is 3.03. The zero-order chi connectivity index (χ0) is 15.7. The van der Waals surface area contributed by atoms with Crippen molar-refractivity contribution < 1.29 is 12.9 Å². The van der Waals surface area contributed by atoms with E-state index >= 15 is 0 Å². The number of sulfone groups is 1. The highest BCUT2D eigenvalue weighted by molar-refractivity contribution is 7.91. The molecule has 2 fully saturated rings. The number of hydrogen-bond donors (Lipinski definition) is 1. The normalized spacial score (nSPS) is 30.5. The number of likely N-dealkylation sites (tertiary alicyclic amines) is 1. The first-order chi connectivity index (χ1) is 10.4. The standard InChI is InChI=1S/C14H24N4O3S/c1-10(14-16-11(2)17-21-14)15-12-8-22(19,20)9-13(12)18-6-4-3-5-7-18/h10,12-13,15H,3-9H2,1-2H3/t10-,12+,13+/m0/s1. The summed E-state index contributed by atoms with van der Waals surface area (Å²) in [5, 5.41) is 7.19. The van der Waals surface area contributed by atoms with Crippen molar-refractivity contribution >= 4 is 9.84 Å². The highest BCUT2D eigenvalue weighted by Crippen LogP contribution is 2.24. The van der Waals surface area contributed by atoms with E-state index in [2.05, 4.69) is 20.4 Å². The molecule has 0 bridgehead atoms. The third-order valence-corrected chi connectivity index (χ3v) is 6.28. The predicted molar refractivity (Wildman–Crippen MR) is 82.2 cm³/mol. The van der Waals surface area contributed by atoms with Gasteiger partial charge in [0, 0.05) is 12.1 Å². The van der Waals surface area contributed by atoms with Crippen LogP contribution in [0.3, 0.4) is 0 Å². The van der Waals surface area contributed by atoms with Gasteiger partial charge in [-0.05, 0) is 39.8 Å². The van der Waals surface area contributed by atoms with E-state index in [1.807, 2.05) is 6.92 Å². The van der Waals surface area contributed by atoms with Crippen LogP contribution in [0.25, 0.3) is 0 Å². The molecule has 7 nitrogen and oxygen atoms in total. The molecular weight excluding hydrogens is 304 g/mol. The second kappa shape index (κ2) is 6.25. The van der Waals surface area contributed by atoms with Crippen molar-refractivity contribution in [3.8, 4) is 0 Å². The maximum atomic E-state index is 12.1. The fraction of sp³-hybridized carbons (Fsp3) is 0.857. The van der Waals surface area contributed by atoms with Crippen LogP contribution in [-0.4, -0.2) is 60.1 Å². The van der Waals surface area contributed by atoms with Gasteiger partial charge in [0.25, 0.3) is 0 Å². The highest BCUT2D eigenvalue weighted by atomic mass is 32.2. The maximum absolute atomic E-state index is 12.1. The van der Waals surface area contributed by atoms with Gasteiger partial charge in [-0.1, -0.05) is 11.6 Å². The van der Waals surface area contributed by atoms with Crippen LogP contribution in [-0.2, 0) is 9.84 Å². The third kappa shape index (κ3) is 3.49. The van der Waals surface area contributed by atoms with Crippen LogP contribution in [0.5, 0.6) is 0 Å². The highest BCUT2D eigenvalue weighted by Gasteiger charge is 2.41. The average molecular weight is 328 g/mol. The molecule has 22 heavy (non-hydrogen) atoms. The van der Waals surface area contributed by atoms with Gasteiger partial charge in [0.15, 0.2) is 15.7 Å². The Morgan fingerprint density at radius 1 is 1.27 bits per heavy atom. The van der Waals surface area contributed by atoms with Crippen LogP contribution < -0.4 is 5.32 Å². The van der Waals surface area contributed by atoms with Crippen molar-refractivity contribution in [3.63, 3.8) is 0 Å². The molecule has 8 heteroatoms. The Kier molecular flexibility index (Phi) is 4.52. The molecule has 0 saturated carbocycles. The van der Waals surface area contributed by atoms with Crippen LogP contribution >= 0.6 is 0 Å². The van der Waals surface area contributed by atoms with E-state index in [-0.39, 0.29) is 29.6 Å². The van der Waals surface area contributed by atoms with Crippen molar-refractivity contribution in [2.75, 3.05) is 24.6 Å². The quantitative estimate of drug-likeness (QED) is 0.869. The number of piperidine rings is 1. The molecule has 2 aliphatic heterocycles. The predicted octanol–water partition coefficient (Wildman–Crippen LogP) is 0.680. The van der Waals surface area contributed by atoms with E-state index in [0.717, 1.165) is 25.9 Å². The van der Waals surface area contributed by atoms with Crippen molar-refractivity contribution in [1.82, 2.24) is 20.4 Å². The summed E-state index contributed by atoms with van der Waals surface area (Å²) in [6, 6.07) is -0.172. The molecule has 0 aliphatic carbocycles. The Morgan fingerprint density at radius 2 is 2.00 bits per heavy atom. The molecule has 0 amide bonds. The molecule has 0 radical (unpaired) electrons. The summed E-state index contributed by atoms with van der Waals surface area (Å²) in [6.45, 7) is 5.69. The molecule has 2 saturated heterocycles. The van der Waals surface area contributed by atoms with Crippen molar-refractivity contribution in [1.29, 1.82) is 0 Å². The van der Waals surface area contributed by atoms with Gasteiger partial charge in [0.1, 0.15) is 0 Å².